The Morgan fingerprint density at radius 3 is 2.45 bits per heavy atom. The van der Waals surface area contributed by atoms with E-state index in [4.69, 9.17) is 9.84 Å². The van der Waals surface area contributed by atoms with Gasteiger partial charge in [-0.3, -0.25) is 9.59 Å². The number of carbonyl (C=O) groups is 2. The van der Waals surface area contributed by atoms with Crippen LogP contribution in [-0.2, 0) is 9.53 Å². The first-order valence-electron chi connectivity index (χ1n) is 10.1. The van der Waals surface area contributed by atoms with Crippen molar-refractivity contribution < 1.29 is 14.3 Å². The number of amides is 2. The number of carbonyl (C=O) groups excluding carboxylic acids is 2. The summed E-state index contributed by atoms with van der Waals surface area (Å²) >= 11 is 0. The number of nitrogens with zero attached hydrogens (tertiary/aromatic N) is 4. The first-order valence-corrected chi connectivity index (χ1v) is 10.1. The van der Waals surface area contributed by atoms with Gasteiger partial charge in [0.15, 0.2) is 0 Å². The fourth-order valence-corrected chi connectivity index (χ4v) is 3.18. The number of ether oxygens (including phenoxy) is 1. The minimum atomic E-state index is -0.258. The molecule has 0 radical (unpaired) electrons. The summed E-state index contributed by atoms with van der Waals surface area (Å²) < 4.78 is 6.87. The summed E-state index contributed by atoms with van der Waals surface area (Å²) in [6.45, 7) is 2.61. The molecule has 162 valence electrons. The Balaban J connectivity index is 2.06. The molecule has 0 spiro atoms. The van der Waals surface area contributed by atoms with Crippen molar-refractivity contribution in [1.29, 1.82) is 0 Å². The van der Waals surface area contributed by atoms with Gasteiger partial charge in [0, 0.05) is 39.5 Å². The molecule has 0 unspecified atom stereocenters. The van der Waals surface area contributed by atoms with Gasteiger partial charge in [-0.2, -0.15) is 5.10 Å². The zero-order valence-corrected chi connectivity index (χ0v) is 18.4. The lowest BCUT2D eigenvalue weighted by molar-refractivity contribution is -0.129. The van der Waals surface area contributed by atoms with E-state index >= 15 is 0 Å². The first-order chi connectivity index (χ1) is 14.9. The number of likely N-dealkylation sites (N-methyl/N-ethyl adjacent to an activating group) is 1. The van der Waals surface area contributed by atoms with Crippen LogP contribution in [-0.4, -0.2) is 72.3 Å². The van der Waals surface area contributed by atoms with Crippen LogP contribution in [0.5, 0.6) is 0 Å². The molecule has 2 amide bonds. The molecule has 0 aliphatic carbocycles. The molecule has 2 aromatic carbocycles. The molecule has 3 aromatic rings. The van der Waals surface area contributed by atoms with Crippen molar-refractivity contribution >= 4 is 11.8 Å². The largest absolute Gasteiger partial charge is 0.383 e. The number of aryl methyl sites for hydroxylation is 1. The first kappa shape index (κ1) is 22.2. The average Bonchev–Trinajstić information content (AvgIpc) is 3.22. The van der Waals surface area contributed by atoms with Gasteiger partial charge in [-0.25, -0.2) is 4.68 Å². The van der Waals surface area contributed by atoms with Crippen LogP contribution in [0.25, 0.3) is 16.9 Å². The standard InChI is InChI=1S/C24H28N4O3/c1-18-9-8-10-19(15-18)23-21(16-28(25-23)20-11-6-5-7-12-20)24(30)27(13-14-31-4)17-22(29)26(2)3/h5-12,15-16H,13-14,17H2,1-4H3. The van der Waals surface area contributed by atoms with Crippen molar-refractivity contribution in [3.63, 3.8) is 0 Å². The second-order valence-electron chi connectivity index (χ2n) is 7.55. The minimum Gasteiger partial charge on any atom is -0.383 e. The van der Waals surface area contributed by atoms with Gasteiger partial charge in [0.25, 0.3) is 5.91 Å². The van der Waals surface area contributed by atoms with Crippen molar-refractivity contribution in [1.82, 2.24) is 19.6 Å². The summed E-state index contributed by atoms with van der Waals surface area (Å²) in [4.78, 5) is 28.9. The highest BCUT2D eigenvalue weighted by atomic mass is 16.5. The Hall–Kier alpha value is -3.45. The molecule has 7 heteroatoms. The van der Waals surface area contributed by atoms with E-state index in [1.54, 1.807) is 32.1 Å². The van der Waals surface area contributed by atoms with Crippen LogP contribution >= 0.6 is 0 Å². The lowest BCUT2D eigenvalue weighted by atomic mass is 10.0. The zero-order valence-electron chi connectivity index (χ0n) is 18.4. The second kappa shape index (κ2) is 10.0. The third-order valence-corrected chi connectivity index (χ3v) is 4.93. The third kappa shape index (κ3) is 5.38. The van der Waals surface area contributed by atoms with Crippen LogP contribution in [0.15, 0.2) is 60.8 Å². The van der Waals surface area contributed by atoms with Crippen LogP contribution in [0.1, 0.15) is 15.9 Å². The molecule has 7 nitrogen and oxygen atoms in total. The van der Waals surface area contributed by atoms with Crippen molar-refractivity contribution in [3.8, 4) is 16.9 Å². The molecule has 1 heterocycles. The van der Waals surface area contributed by atoms with Gasteiger partial charge in [0.2, 0.25) is 5.91 Å². The maximum absolute atomic E-state index is 13.6. The van der Waals surface area contributed by atoms with Gasteiger partial charge in [0.1, 0.15) is 12.2 Å². The number of rotatable bonds is 8. The fourth-order valence-electron chi connectivity index (χ4n) is 3.18. The molecule has 0 fully saturated rings. The van der Waals surface area contributed by atoms with Gasteiger partial charge >= 0.3 is 0 Å². The highest BCUT2D eigenvalue weighted by Gasteiger charge is 2.25. The number of hydrogen-bond donors (Lipinski definition) is 0. The summed E-state index contributed by atoms with van der Waals surface area (Å²) in [5.74, 6) is -0.414. The maximum atomic E-state index is 13.6. The van der Waals surface area contributed by atoms with Crippen molar-refractivity contribution in [2.45, 2.75) is 6.92 Å². The summed E-state index contributed by atoms with van der Waals surface area (Å²) in [5.41, 5.74) is 3.80. The zero-order chi connectivity index (χ0) is 22.4. The number of hydrogen-bond acceptors (Lipinski definition) is 4. The van der Waals surface area contributed by atoms with E-state index in [0.29, 0.717) is 24.4 Å². The highest BCUT2D eigenvalue weighted by molar-refractivity contribution is 6.01. The number of benzene rings is 2. The molecule has 0 aliphatic rings. The van der Waals surface area contributed by atoms with Crippen molar-refractivity contribution in [3.05, 3.63) is 71.9 Å². The van der Waals surface area contributed by atoms with Crippen molar-refractivity contribution in [2.24, 2.45) is 0 Å². The summed E-state index contributed by atoms with van der Waals surface area (Å²) in [6, 6.07) is 17.5. The van der Waals surface area contributed by atoms with Crippen LogP contribution in [0.3, 0.4) is 0 Å². The van der Waals surface area contributed by atoms with E-state index in [-0.39, 0.29) is 18.4 Å². The Kier molecular flexibility index (Phi) is 7.20. The Labute approximate surface area is 182 Å². The average molecular weight is 421 g/mol. The molecular formula is C24H28N4O3. The predicted octanol–water partition coefficient (Wildman–Crippen LogP) is 3.02. The molecule has 1 aromatic heterocycles. The van der Waals surface area contributed by atoms with E-state index in [0.717, 1.165) is 16.8 Å². The molecule has 0 bridgehead atoms. The molecule has 31 heavy (non-hydrogen) atoms. The second-order valence-corrected chi connectivity index (χ2v) is 7.55. The Morgan fingerprint density at radius 2 is 1.81 bits per heavy atom. The van der Waals surface area contributed by atoms with Gasteiger partial charge in [-0.05, 0) is 25.1 Å². The van der Waals surface area contributed by atoms with Crippen LogP contribution in [0, 0.1) is 6.92 Å². The molecule has 0 saturated heterocycles. The molecular weight excluding hydrogens is 392 g/mol. The van der Waals surface area contributed by atoms with E-state index in [1.165, 1.54) is 9.80 Å². The third-order valence-electron chi connectivity index (χ3n) is 4.93. The topological polar surface area (TPSA) is 67.7 Å². The van der Waals surface area contributed by atoms with Crippen LogP contribution in [0.4, 0.5) is 0 Å². The predicted molar refractivity (Wildman–Crippen MR) is 120 cm³/mol. The molecule has 0 aliphatic heterocycles. The van der Waals surface area contributed by atoms with Gasteiger partial charge in [-0.1, -0.05) is 42.0 Å². The molecule has 3 rings (SSSR count). The summed E-state index contributed by atoms with van der Waals surface area (Å²) in [6.07, 6.45) is 1.73. The summed E-state index contributed by atoms with van der Waals surface area (Å²) in [5, 5.41) is 4.73. The van der Waals surface area contributed by atoms with Gasteiger partial charge < -0.3 is 14.5 Å². The fraction of sp³-hybridized carbons (Fsp3) is 0.292. The molecule has 0 N–H and O–H groups in total. The normalized spacial score (nSPS) is 10.7. The Morgan fingerprint density at radius 1 is 1.06 bits per heavy atom. The number of para-hydroxylation sites is 1. The quantitative estimate of drug-likeness (QED) is 0.562. The lowest BCUT2D eigenvalue weighted by Gasteiger charge is -2.23. The van der Waals surface area contributed by atoms with Crippen molar-refractivity contribution in [2.75, 3.05) is 40.9 Å². The Bertz CT molecular complexity index is 1040. The van der Waals surface area contributed by atoms with Crippen LogP contribution < -0.4 is 0 Å². The number of methoxy groups -OCH3 is 1. The highest BCUT2D eigenvalue weighted by Crippen LogP contribution is 2.26. The monoisotopic (exact) mass is 420 g/mol. The molecule has 0 atom stereocenters. The number of aromatic nitrogens is 2. The molecule has 0 saturated carbocycles. The minimum absolute atomic E-state index is 0.0288. The van der Waals surface area contributed by atoms with E-state index in [2.05, 4.69) is 0 Å². The van der Waals surface area contributed by atoms with E-state index in [9.17, 15) is 9.59 Å². The van der Waals surface area contributed by atoms with Crippen LogP contribution in [0.2, 0.25) is 0 Å². The van der Waals surface area contributed by atoms with E-state index in [1.807, 2.05) is 61.5 Å². The van der Waals surface area contributed by atoms with Gasteiger partial charge in [-0.15, -0.1) is 0 Å². The van der Waals surface area contributed by atoms with E-state index < -0.39 is 0 Å². The van der Waals surface area contributed by atoms with Gasteiger partial charge in [0.05, 0.1) is 17.9 Å². The summed E-state index contributed by atoms with van der Waals surface area (Å²) in [7, 11) is 4.92. The maximum Gasteiger partial charge on any atom is 0.258 e. The SMILES string of the molecule is COCCN(CC(=O)N(C)C)C(=O)c1cn(-c2ccccc2)nc1-c1cccc(C)c1. The smallest absolute Gasteiger partial charge is 0.258 e. The lowest BCUT2D eigenvalue weighted by Crippen LogP contribution is -2.42.